The van der Waals surface area contributed by atoms with E-state index in [-0.39, 0.29) is 0 Å². The van der Waals surface area contributed by atoms with Crippen LogP contribution in [0.2, 0.25) is 0 Å². The molecular weight excluding hydrogens is 206 g/mol. The lowest BCUT2D eigenvalue weighted by Gasteiger charge is -2.28. The summed E-state index contributed by atoms with van der Waals surface area (Å²) < 4.78 is 0. The zero-order valence-electron chi connectivity index (χ0n) is 9.87. The van der Waals surface area contributed by atoms with Crippen molar-refractivity contribution in [2.45, 2.75) is 56.5 Å². The quantitative estimate of drug-likeness (QED) is 0.710. The molecule has 1 amide bonds. The summed E-state index contributed by atoms with van der Waals surface area (Å²) in [5.74, 6) is 0.643. The zero-order chi connectivity index (χ0) is 11.1. The minimum absolute atomic E-state index is 0.582. The Morgan fingerprint density at radius 3 is 2.53 bits per heavy atom. The van der Waals surface area contributed by atoms with Crippen LogP contribution in [0.25, 0.3) is 0 Å². The summed E-state index contributed by atoms with van der Waals surface area (Å²) >= 11 is 2.09. The van der Waals surface area contributed by atoms with Crippen molar-refractivity contribution in [3.8, 4) is 0 Å². The molecule has 1 rings (SSSR count). The average molecular weight is 229 g/mol. The van der Waals surface area contributed by atoms with Crippen LogP contribution in [0, 0.1) is 5.92 Å². The van der Waals surface area contributed by atoms with E-state index in [1.54, 1.807) is 0 Å². The smallest absolute Gasteiger partial charge is 0.207 e. The average Bonchev–Trinajstić information content (AvgIpc) is 2.25. The summed E-state index contributed by atoms with van der Waals surface area (Å²) in [6.07, 6.45) is 7.75. The predicted octanol–water partition coefficient (Wildman–Crippen LogP) is 2.82. The van der Waals surface area contributed by atoms with Gasteiger partial charge in [0.2, 0.25) is 6.41 Å². The normalized spacial score (nSPS) is 20.2. The Morgan fingerprint density at radius 2 is 2.00 bits per heavy atom. The third-order valence-corrected chi connectivity index (χ3v) is 4.98. The van der Waals surface area contributed by atoms with Crippen LogP contribution in [-0.4, -0.2) is 23.5 Å². The van der Waals surface area contributed by atoms with Crippen LogP contribution in [0.15, 0.2) is 0 Å². The molecule has 0 bridgehead atoms. The maximum atomic E-state index is 10.3. The maximum Gasteiger partial charge on any atom is 0.207 e. The molecule has 1 saturated carbocycles. The van der Waals surface area contributed by atoms with Crippen molar-refractivity contribution in [1.82, 2.24) is 5.32 Å². The number of rotatable bonds is 6. The number of amides is 1. The molecule has 0 unspecified atom stereocenters. The molecule has 1 fully saturated rings. The maximum absolute atomic E-state index is 10.3. The molecule has 0 aliphatic heterocycles. The van der Waals surface area contributed by atoms with Crippen molar-refractivity contribution < 1.29 is 4.79 Å². The molecular formula is C12H23NOS. The fraction of sp³-hybridized carbons (Fsp3) is 0.917. The standard InChI is InChI=1S/C12H23NOS/c1-10(2)12(8-13-9-14)15-11-6-4-3-5-7-11/h9-12H,3-8H2,1-2H3,(H,13,14)/t12-/m0/s1. The molecule has 1 N–H and O–H groups in total. The first-order valence-electron chi connectivity index (χ1n) is 6.06. The highest BCUT2D eigenvalue weighted by Gasteiger charge is 2.21. The molecule has 0 aromatic carbocycles. The largest absolute Gasteiger partial charge is 0.358 e. The summed E-state index contributed by atoms with van der Waals surface area (Å²) in [4.78, 5) is 10.3. The van der Waals surface area contributed by atoms with E-state index >= 15 is 0 Å². The van der Waals surface area contributed by atoms with E-state index < -0.39 is 0 Å². The number of hydrogen-bond acceptors (Lipinski definition) is 2. The van der Waals surface area contributed by atoms with Gasteiger partial charge in [0.1, 0.15) is 0 Å². The van der Waals surface area contributed by atoms with Gasteiger partial charge < -0.3 is 5.32 Å². The Labute approximate surface area is 97.6 Å². The van der Waals surface area contributed by atoms with Gasteiger partial charge in [-0.05, 0) is 18.8 Å². The van der Waals surface area contributed by atoms with Gasteiger partial charge in [-0.1, -0.05) is 33.1 Å². The molecule has 2 nitrogen and oxygen atoms in total. The van der Waals surface area contributed by atoms with E-state index in [9.17, 15) is 4.79 Å². The second-order valence-corrected chi connectivity index (χ2v) is 6.25. The lowest BCUT2D eigenvalue weighted by molar-refractivity contribution is -0.109. The van der Waals surface area contributed by atoms with Crippen molar-refractivity contribution in [1.29, 1.82) is 0 Å². The van der Waals surface area contributed by atoms with Gasteiger partial charge in [-0.3, -0.25) is 4.79 Å². The number of thioether (sulfide) groups is 1. The first kappa shape index (κ1) is 12.9. The number of carbonyl (C=O) groups excluding carboxylic acids is 1. The fourth-order valence-electron chi connectivity index (χ4n) is 2.05. The third kappa shape index (κ3) is 4.92. The molecule has 0 spiro atoms. The third-order valence-electron chi connectivity index (χ3n) is 3.07. The van der Waals surface area contributed by atoms with Crippen LogP contribution in [0.5, 0.6) is 0 Å². The van der Waals surface area contributed by atoms with Crippen molar-refractivity contribution in [3.63, 3.8) is 0 Å². The highest BCUT2D eigenvalue weighted by atomic mass is 32.2. The molecule has 1 atom stereocenters. The highest BCUT2D eigenvalue weighted by Crippen LogP contribution is 2.33. The molecule has 0 aromatic heterocycles. The monoisotopic (exact) mass is 229 g/mol. The molecule has 3 heteroatoms. The Morgan fingerprint density at radius 1 is 1.33 bits per heavy atom. The molecule has 1 aliphatic rings. The van der Waals surface area contributed by atoms with Crippen LogP contribution in [0.4, 0.5) is 0 Å². The van der Waals surface area contributed by atoms with E-state index in [1.807, 2.05) is 0 Å². The molecule has 0 saturated heterocycles. The Bertz CT molecular complexity index is 178. The first-order valence-corrected chi connectivity index (χ1v) is 7.00. The van der Waals surface area contributed by atoms with E-state index in [1.165, 1.54) is 32.1 Å². The molecule has 0 radical (unpaired) electrons. The highest BCUT2D eigenvalue weighted by molar-refractivity contribution is 8.00. The Hall–Kier alpha value is -0.180. The van der Waals surface area contributed by atoms with Gasteiger partial charge in [0.25, 0.3) is 0 Å². The van der Waals surface area contributed by atoms with E-state index in [2.05, 4.69) is 30.9 Å². The SMILES string of the molecule is CC(C)[C@H](CNC=O)SC1CCCCC1. The van der Waals surface area contributed by atoms with Gasteiger partial charge >= 0.3 is 0 Å². The summed E-state index contributed by atoms with van der Waals surface area (Å²) in [7, 11) is 0. The van der Waals surface area contributed by atoms with Crippen LogP contribution in [-0.2, 0) is 4.79 Å². The van der Waals surface area contributed by atoms with Crippen LogP contribution in [0.1, 0.15) is 46.0 Å². The summed E-state index contributed by atoms with van der Waals surface area (Å²) in [6.45, 7) is 5.31. The van der Waals surface area contributed by atoms with Gasteiger partial charge in [0.15, 0.2) is 0 Å². The lowest BCUT2D eigenvalue weighted by Crippen LogP contribution is -2.29. The van der Waals surface area contributed by atoms with Crippen LogP contribution >= 0.6 is 11.8 Å². The number of carbonyl (C=O) groups is 1. The zero-order valence-corrected chi connectivity index (χ0v) is 10.7. The van der Waals surface area contributed by atoms with Crippen molar-refractivity contribution in [3.05, 3.63) is 0 Å². The predicted molar refractivity (Wildman–Crippen MR) is 67.2 cm³/mol. The van der Waals surface area contributed by atoms with Crippen LogP contribution < -0.4 is 5.32 Å². The molecule has 1 aliphatic carbocycles. The first-order chi connectivity index (χ1) is 7.24. The van der Waals surface area contributed by atoms with Gasteiger partial charge in [-0.15, -0.1) is 0 Å². The minimum Gasteiger partial charge on any atom is -0.358 e. The van der Waals surface area contributed by atoms with Crippen molar-refractivity contribution >= 4 is 18.2 Å². The minimum atomic E-state index is 0.582. The summed E-state index contributed by atoms with van der Waals surface area (Å²) in [5.41, 5.74) is 0. The topological polar surface area (TPSA) is 29.1 Å². The molecule has 15 heavy (non-hydrogen) atoms. The Kier molecular flexibility index (Phi) is 6.15. The lowest BCUT2D eigenvalue weighted by atomic mass is 10.0. The van der Waals surface area contributed by atoms with E-state index in [0.29, 0.717) is 11.2 Å². The molecule has 0 aromatic rings. The number of nitrogens with one attached hydrogen (secondary N) is 1. The molecule has 88 valence electrons. The van der Waals surface area contributed by atoms with Gasteiger partial charge in [-0.2, -0.15) is 11.8 Å². The van der Waals surface area contributed by atoms with Gasteiger partial charge in [0, 0.05) is 17.0 Å². The fourth-order valence-corrected chi connectivity index (χ4v) is 3.66. The number of hydrogen-bond donors (Lipinski definition) is 1. The van der Waals surface area contributed by atoms with Crippen molar-refractivity contribution in [2.75, 3.05) is 6.54 Å². The van der Waals surface area contributed by atoms with Gasteiger partial charge in [0.05, 0.1) is 0 Å². The van der Waals surface area contributed by atoms with Gasteiger partial charge in [-0.25, -0.2) is 0 Å². The van der Waals surface area contributed by atoms with Crippen LogP contribution in [0.3, 0.4) is 0 Å². The van der Waals surface area contributed by atoms with E-state index in [0.717, 1.165) is 18.2 Å². The summed E-state index contributed by atoms with van der Waals surface area (Å²) in [5, 5.41) is 4.23. The second kappa shape index (κ2) is 7.15. The van der Waals surface area contributed by atoms with Crippen molar-refractivity contribution in [2.24, 2.45) is 5.92 Å². The second-order valence-electron chi connectivity index (χ2n) is 4.70. The molecule has 0 heterocycles. The Balaban J connectivity index is 2.31. The summed E-state index contributed by atoms with van der Waals surface area (Å²) in [6, 6.07) is 0. The van der Waals surface area contributed by atoms with E-state index in [4.69, 9.17) is 0 Å².